The van der Waals surface area contributed by atoms with Crippen LogP contribution in [0.25, 0.3) is 56.7 Å². The summed E-state index contributed by atoms with van der Waals surface area (Å²) in [7, 11) is 1.28. The molecular weight excluding hydrogens is 1040 g/mol. The maximum atomic E-state index is 13.9. The van der Waals surface area contributed by atoms with E-state index < -0.39 is 83.1 Å². The number of para-hydroxylation sites is 4. The number of carbonyl (C=O) groups excluding carboxylic acids is 5. The zero-order valence-electron chi connectivity index (χ0n) is 46.3. The minimum absolute atomic E-state index is 0.00975. The fourth-order valence-corrected chi connectivity index (χ4v) is 10.1. The summed E-state index contributed by atoms with van der Waals surface area (Å²) in [5, 5.41) is 15.4. The summed E-state index contributed by atoms with van der Waals surface area (Å²) >= 11 is 0. The van der Waals surface area contributed by atoms with Crippen molar-refractivity contribution in [3.05, 3.63) is 120 Å². The molecule has 2 aromatic heterocycles. The lowest BCUT2D eigenvalue weighted by Gasteiger charge is -2.34. The fraction of sp³-hybridized carbons (Fsp3) is 0.377. The Labute approximate surface area is 468 Å². The van der Waals surface area contributed by atoms with Gasteiger partial charge in [0.25, 0.3) is 0 Å². The van der Waals surface area contributed by atoms with Crippen LogP contribution in [0, 0.1) is 10.8 Å². The second kappa shape index (κ2) is 24.2. The van der Waals surface area contributed by atoms with Crippen molar-refractivity contribution >= 4 is 70.2 Å². The molecule has 6 atom stereocenters. The van der Waals surface area contributed by atoms with Crippen LogP contribution in [0.3, 0.4) is 0 Å². The summed E-state index contributed by atoms with van der Waals surface area (Å²) in [5.41, 5.74) is 5.85. The van der Waals surface area contributed by atoms with Crippen LogP contribution >= 0.6 is 0 Å². The zero-order valence-corrected chi connectivity index (χ0v) is 46.3. The first kappa shape index (κ1) is 56.8. The number of esters is 1. The van der Waals surface area contributed by atoms with Crippen molar-refractivity contribution in [2.24, 2.45) is 10.8 Å². The molecule has 6 aromatic rings. The summed E-state index contributed by atoms with van der Waals surface area (Å²) in [6, 6.07) is 26.5. The van der Waals surface area contributed by atoms with Crippen molar-refractivity contribution in [2.75, 3.05) is 33.4 Å². The van der Waals surface area contributed by atoms with Gasteiger partial charge in [-0.15, -0.1) is 0 Å². The van der Waals surface area contributed by atoms with E-state index in [1.165, 1.54) is 16.9 Å². The highest BCUT2D eigenvalue weighted by molar-refractivity contribution is 5.92. The molecule has 4 aliphatic heterocycles. The second-order valence-corrected chi connectivity index (χ2v) is 22.3. The third-order valence-corrected chi connectivity index (χ3v) is 14.2. The van der Waals surface area contributed by atoms with E-state index in [9.17, 15) is 33.9 Å². The van der Waals surface area contributed by atoms with Gasteiger partial charge in [-0.25, -0.2) is 39.1 Å². The SMILES string of the molecule is CC(C)(C)[C@@H]1NC(=O)OCC/C=C/c2cccc(c2)-c2nc3ccccc3nc2O[C@@H]2C[C@@H](C(=O)O)N(C2)C1=O.COC(=O)[C@@H]1C[C@@H]2CN1C(=O)[C@H](C(C)(C)C)NC(=O)OCC/C=C/c1cccc(c1)-c1nc3ccccc3nc1O2. The van der Waals surface area contributed by atoms with Crippen molar-refractivity contribution in [3.8, 4) is 34.3 Å². The normalized spacial score (nSPS) is 22.6. The monoisotopic (exact) mass is 1100 g/mol. The molecule has 20 heteroatoms. The highest BCUT2D eigenvalue weighted by Crippen LogP contribution is 2.36. The van der Waals surface area contributed by atoms with Gasteiger partial charge in [0.15, 0.2) is 0 Å². The lowest BCUT2D eigenvalue weighted by molar-refractivity contribution is -0.152. The van der Waals surface area contributed by atoms with Gasteiger partial charge < -0.3 is 49.2 Å². The molecule has 20 nitrogen and oxygen atoms in total. The quantitative estimate of drug-likeness (QED) is 0.108. The first-order chi connectivity index (χ1) is 38.7. The molecule has 2 saturated heterocycles. The summed E-state index contributed by atoms with van der Waals surface area (Å²) in [6.07, 6.45) is 6.20. The average molecular weight is 1100 g/mol. The molecule has 0 radical (unpaired) electrons. The van der Waals surface area contributed by atoms with E-state index in [0.29, 0.717) is 46.7 Å². The molecule has 4 aliphatic rings. The molecule has 8 bridgehead atoms. The maximum absolute atomic E-state index is 13.9. The highest BCUT2D eigenvalue weighted by atomic mass is 16.6. The second-order valence-electron chi connectivity index (χ2n) is 22.3. The maximum Gasteiger partial charge on any atom is 0.407 e. The minimum atomic E-state index is -1.15. The van der Waals surface area contributed by atoms with Gasteiger partial charge in [-0.1, -0.05) is 127 Å². The number of methoxy groups -OCH3 is 1. The van der Waals surface area contributed by atoms with Crippen LogP contribution in [0.15, 0.2) is 109 Å². The van der Waals surface area contributed by atoms with Crippen molar-refractivity contribution in [1.82, 2.24) is 40.4 Å². The van der Waals surface area contributed by atoms with Crippen LogP contribution in [0.2, 0.25) is 0 Å². The largest absolute Gasteiger partial charge is 0.480 e. The number of nitrogens with one attached hydrogen (secondary N) is 2. The number of nitrogens with zero attached hydrogens (tertiary/aromatic N) is 6. The Bertz CT molecular complexity index is 3430. The van der Waals surface area contributed by atoms with Crippen LogP contribution in [0.5, 0.6) is 11.8 Å². The van der Waals surface area contributed by atoms with E-state index in [1.807, 2.05) is 142 Å². The van der Waals surface area contributed by atoms with Gasteiger partial charge in [0.2, 0.25) is 23.6 Å². The number of hydrogen-bond acceptors (Lipinski definition) is 15. The van der Waals surface area contributed by atoms with Crippen LogP contribution in [0.1, 0.15) is 78.4 Å². The fourth-order valence-electron chi connectivity index (χ4n) is 10.1. The number of fused-ring (bicyclic) bond motifs is 14. The number of aliphatic carboxylic acids is 1. The number of cyclic esters (lactones) is 2. The summed E-state index contributed by atoms with van der Waals surface area (Å²) in [5.74, 6) is -2.07. The molecule has 4 aromatic carbocycles. The van der Waals surface area contributed by atoms with Gasteiger partial charge in [0, 0.05) is 24.0 Å². The van der Waals surface area contributed by atoms with E-state index in [2.05, 4.69) is 10.6 Å². The number of hydrogen-bond donors (Lipinski definition) is 3. The first-order valence-electron chi connectivity index (χ1n) is 26.9. The molecular formula is C61H66N8O12. The minimum Gasteiger partial charge on any atom is -0.480 e. The summed E-state index contributed by atoms with van der Waals surface area (Å²) < 4.78 is 28.5. The van der Waals surface area contributed by atoms with Crippen molar-refractivity contribution < 1.29 is 57.6 Å². The van der Waals surface area contributed by atoms with Crippen LogP contribution in [0.4, 0.5) is 9.59 Å². The molecule has 81 heavy (non-hydrogen) atoms. The molecule has 2 fully saturated rings. The Hall–Kier alpha value is -8.94. The standard InChI is InChI=1S/C31H34N4O6.C30H32N4O6/c1-31(2,3)26-28(36)35-18-21(17-24(35)29(37)39-4)41-27-25(32-22-13-5-6-14-23(22)33-27)20-12-9-11-19(16-20)10-7-8-15-40-30(38)34-26;1-30(2,3)25-27(35)34-17-20(16-23(34)28(36)37)40-26-24(31-21-12-4-5-13-22(21)32-26)19-11-8-10-18(15-19)9-6-7-14-39-29(38)33-25/h5-7,9-14,16,21,24,26H,8,15,17-18H2,1-4H3,(H,34,38);4-6,8-13,15,20,23,25H,7,14,16-17H2,1-3H3,(H,33,38)(H,36,37)/b10-7+;9-6+/t21-,24+,26-;20-,23+,25-/m11/s1. The van der Waals surface area contributed by atoms with Crippen LogP contribution in [-0.4, -0.2) is 141 Å². The molecule has 3 N–H and O–H groups in total. The number of ether oxygens (including phenoxy) is 5. The molecule has 422 valence electrons. The molecule has 10 rings (SSSR count). The smallest absolute Gasteiger partial charge is 0.407 e. The number of benzene rings is 4. The Morgan fingerprint density at radius 2 is 0.988 bits per heavy atom. The topological polar surface area (TPSA) is 251 Å². The Morgan fingerprint density at radius 3 is 1.40 bits per heavy atom. The van der Waals surface area contributed by atoms with E-state index in [4.69, 9.17) is 43.6 Å². The van der Waals surface area contributed by atoms with E-state index >= 15 is 0 Å². The predicted molar refractivity (Wildman–Crippen MR) is 301 cm³/mol. The molecule has 0 unspecified atom stereocenters. The predicted octanol–water partition coefficient (Wildman–Crippen LogP) is 8.66. The number of alkyl carbamates (subject to hydrolysis) is 2. The number of carbonyl (C=O) groups is 6. The van der Waals surface area contributed by atoms with Gasteiger partial charge in [-0.2, -0.15) is 0 Å². The summed E-state index contributed by atoms with van der Waals surface area (Å²) in [6.45, 7) is 11.3. The van der Waals surface area contributed by atoms with Crippen molar-refractivity contribution in [2.45, 2.75) is 104 Å². The number of aromatic nitrogens is 4. The van der Waals surface area contributed by atoms with E-state index in [-0.39, 0.29) is 45.0 Å². The molecule has 0 spiro atoms. The van der Waals surface area contributed by atoms with Crippen molar-refractivity contribution in [1.29, 1.82) is 0 Å². The summed E-state index contributed by atoms with van der Waals surface area (Å²) in [4.78, 5) is 100. The van der Waals surface area contributed by atoms with Gasteiger partial charge in [-0.05, 0) is 71.2 Å². The lowest BCUT2D eigenvalue weighted by atomic mass is 9.85. The lowest BCUT2D eigenvalue weighted by Crippen LogP contribution is -2.57. The first-order valence-corrected chi connectivity index (χ1v) is 26.9. The van der Waals surface area contributed by atoms with Crippen molar-refractivity contribution in [3.63, 3.8) is 0 Å². The van der Waals surface area contributed by atoms with Crippen LogP contribution < -0.4 is 20.1 Å². The Morgan fingerprint density at radius 1 is 0.580 bits per heavy atom. The number of carboxylic acid groups (broad SMARTS) is 1. The molecule has 0 aliphatic carbocycles. The zero-order chi connectivity index (χ0) is 57.6. The molecule has 0 saturated carbocycles. The van der Waals surface area contributed by atoms with Gasteiger partial charge in [0.05, 0.1) is 55.5 Å². The van der Waals surface area contributed by atoms with Crippen LogP contribution in [-0.2, 0) is 33.4 Å². The number of rotatable bonds is 2. The Kier molecular flexibility index (Phi) is 17.0. The average Bonchev–Trinajstić information content (AvgIpc) is 4.21. The van der Waals surface area contributed by atoms with Gasteiger partial charge in [0.1, 0.15) is 47.8 Å². The Balaban J connectivity index is 0.000000196. The third kappa shape index (κ3) is 13.4. The van der Waals surface area contributed by atoms with Gasteiger partial charge >= 0.3 is 24.1 Å². The molecule has 4 amide bonds. The number of amides is 4. The highest BCUT2D eigenvalue weighted by Gasteiger charge is 2.48. The molecule has 6 heterocycles. The number of carboxylic acids is 1. The van der Waals surface area contributed by atoms with Gasteiger partial charge in [-0.3, -0.25) is 9.59 Å². The van der Waals surface area contributed by atoms with E-state index in [1.54, 1.807) is 20.8 Å². The van der Waals surface area contributed by atoms with E-state index in [0.717, 1.165) is 27.8 Å². The third-order valence-electron chi connectivity index (χ3n) is 14.2.